The molecule has 0 aliphatic rings. The maximum Gasteiger partial charge on any atom is 0.254 e. The number of H-pyrrole nitrogens is 1. The largest absolute Gasteiger partial charge is 0.494 e. The second kappa shape index (κ2) is 9.17. The van der Waals surface area contributed by atoms with Gasteiger partial charge in [0.05, 0.1) is 30.1 Å². The van der Waals surface area contributed by atoms with Crippen molar-refractivity contribution < 1.29 is 9.53 Å². The Bertz CT molecular complexity index is 1320. The summed E-state index contributed by atoms with van der Waals surface area (Å²) in [5, 5.41) is 18.0. The van der Waals surface area contributed by atoms with Crippen LogP contribution in [0.1, 0.15) is 40.3 Å². The van der Waals surface area contributed by atoms with Crippen molar-refractivity contribution in [3.05, 3.63) is 53.2 Å². The third-order valence-electron chi connectivity index (χ3n) is 5.33. The summed E-state index contributed by atoms with van der Waals surface area (Å²) >= 11 is 0. The number of anilines is 3. The Morgan fingerprint density at radius 1 is 1.26 bits per heavy atom. The first-order chi connectivity index (χ1) is 16.3. The SMILES string of the molecule is COc1c(Nc2nc(NC(C)c3c(C)n[nH]c3C)ncc2C(N)=O)cccc1-c1ncn(C)n1. The van der Waals surface area contributed by atoms with E-state index < -0.39 is 5.91 Å². The highest BCUT2D eigenvalue weighted by Gasteiger charge is 2.20. The molecule has 176 valence electrons. The molecule has 12 heteroatoms. The van der Waals surface area contributed by atoms with Crippen LogP contribution in [0.4, 0.5) is 17.5 Å². The van der Waals surface area contributed by atoms with Gasteiger partial charge in [-0.2, -0.15) is 15.2 Å². The maximum atomic E-state index is 12.1. The first-order valence-corrected chi connectivity index (χ1v) is 10.5. The van der Waals surface area contributed by atoms with E-state index >= 15 is 0 Å². The quantitative estimate of drug-likeness (QED) is 0.308. The van der Waals surface area contributed by atoms with Crippen molar-refractivity contribution in [3.8, 4) is 17.1 Å². The number of nitrogens with zero attached hydrogens (tertiary/aromatic N) is 6. The molecule has 4 aromatic rings. The number of aryl methyl sites for hydroxylation is 3. The van der Waals surface area contributed by atoms with Gasteiger partial charge in [0.25, 0.3) is 5.91 Å². The van der Waals surface area contributed by atoms with Crippen molar-refractivity contribution in [2.45, 2.75) is 26.8 Å². The lowest BCUT2D eigenvalue weighted by molar-refractivity contribution is 0.100. The number of hydrogen-bond donors (Lipinski definition) is 4. The average molecular weight is 463 g/mol. The topological polar surface area (TPSA) is 162 Å². The lowest BCUT2D eigenvalue weighted by atomic mass is 10.1. The fourth-order valence-corrected chi connectivity index (χ4v) is 3.81. The number of carbonyl (C=O) groups excluding carboxylic acids is 1. The predicted molar refractivity (Wildman–Crippen MR) is 127 cm³/mol. The molecule has 3 heterocycles. The molecule has 1 aromatic carbocycles. The van der Waals surface area contributed by atoms with Gasteiger partial charge in [0, 0.05) is 24.5 Å². The average Bonchev–Trinajstić information content (AvgIpc) is 3.38. The minimum atomic E-state index is -0.662. The van der Waals surface area contributed by atoms with Gasteiger partial charge in [-0.25, -0.2) is 9.97 Å². The molecule has 34 heavy (non-hydrogen) atoms. The standard InChI is InChI=1S/C22H26N10O2/c1-11(17-12(2)29-30-13(17)3)26-22-24-9-15(19(23)33)21(28-22)27-16-8-6-7-14(18(16)34-5)20-25-10-32(4)31-20/h6-11H,1-5H3,(H2,23,33)(H,29,30)(H2,24,26,27,28). The van der Waals surface area contributed by atoms with Gasteiger partial charge in [-0.15, -0.1) is 0 Å². The van der Waals surface area contributed by atoms with Crippen LogP contribution in [0.5, 0.6) is 5.75 Å². The number of benzene rings is 1. The number of hydrogen-bond acceptors (Lipinski definition) is 9. The monoisotopic (exact) mass is 462 g/mol. The van der Waals surface area contributed by atoms with Crippen LogP contribution < -0.4 is 21.1 Å². The van der Waals surface area contributed by atoms with E-state index in [4.69, 9.17) is 10.5 Å². The van der Waals surface area contributed by atoms with E-state index in [9.17, 15) is 4.79 Å². The highest BCUT2D eigenvalue weighted by atomic mass is 16.5. The Morgan fingerprint density at radius 2 is 2.06 bits per heavy atom. The van der Waals surface area contributed by atoms with Crippen molar-refractivity contribution in [1.82, 2.24) is 34.9 Å². The van der Waals surface area contributed by atoms with Crippen LogP contribution in [0.3, 0.4) is 0 Å². The Labute approximate surface area is 196 Å². The summed E-state index contributed by atoms with van der Waals surface area (Å²) in [5.74, 6) is 0.895. The molecule has 0 aliphatic heterocycles. The molecule has 0 bridgehead atoms. The summed E-state index contributed by atoms with van der Waals surface area (Å²) in [6.45, 7) is 5.86. The van der Waals surface area contributed by atoms with Gasteiger partial charge < -0.3 is 21.1 Å². The molecule has 0 spiro atoms. The van der Waals surface area contributed by atoms with E-state index in [1.54, 1.807) is 31.2 Å². The van der Waals surface area contributed by atoms with Gasteiger partial charge in [-0.05, 0) is 32.9 Å². The van der Waals surface area contributed by atoms with Crippen LogP contribution in [0, 0.1) is 13.8 Å². The minimum Gasteiger partial charge on any atom is -0.494 e. The van der Waals surface area contributed by atoms with Crippen molar-refractivity contribution in [2.75, 3.05) is 17.7 Å². The molecule has 4 rings (SSSR count). The summed E-state index contributed by atoms with van der Waals surface area (Å²) in [7, 11) is 3.33. The van der Waals surface area contributed by atoms with Crippen molar-refractivity contribution in [2.24, 2.45) is 12.8 Å². The Kier molecular flexibility index (Phi) is 6.13. The predicted octanol–water partition coefficient (Wildman–Crippen LogP) is 2.64. The Balaban J connectivity index is 1.69. The lowest BCUT2D eigenvalue weighted by Crippen LogP contribution is -2.17. The molecule has 1 unspecified atom stereocenters. The van der Waals surface area contributed by atoms with E-state index in [1.807, 2.05) is 32.9 Å². The number of aromatic amines is 1. The number of rotatable bonds is 8. The number of aromatic nitrogens is 7. The van der Waals surface area contributed by atoms with Crippen LogP contribution in [0.25, 0.3) is 11.4 Å². The number of methoxy groups -OCH3 is 1. The number of nitrogens with one attached hydrogen (secondary N) is 3. The molecule has 1 atom stereocenters. The van der Waals surface area contributed by atoms with Crippen LogP contribution in [0.2, 0.25) is 0 Å². The van der Waals surface area contributed by atoms with Crippen molar-refractivity contribution in [1.29, 1.82) is 0 Å². The molecule has 0 radical (unpaired) electrons. The van der Waals surface area contributed by atoms with Crippen LogP contribution >= 0.6 is 0 Å². The highest BCUT2D eigenvalue weighted by Crippen LogP contribution is 2.36. The Morgan fingerprint density at radius 3 is 2.68 bits per heavy atom. The van der Waals surface area contributed by atoms with Crippen molar-refractivity contribution >= 4 is 23.4 Å². The number of primary amides is 1. The second-order valence-electron chi connectivity index (χ2n) is 7.79. The zero-order valence-electron chi connectivity index (χ0n) is 19.5. The van der Waals surface area contributed by atoms with Gasteiger partial charge in [-0.1, -0.05) is 6.07 Å². The number of para-hydroxylation sites is 1. The van der Waals surface area contributed by atoms with Crippen LogP contribution in [-0.2, 0) is 7.05 Å². The van der Waals surface area contributed by atoms with E-state index in [-0.39, 0.29) is 17.4 Å². The Hall–Kier alpha value is -4.48. The number of nitrogens with two attached hydrogens (primary N) is 1. The second-order valence-corrected chi connectivity index (χ2v) is 7.79. The summed E-state index contributed by atoms with van der Waals surface area (Å²) in [6.07, 6.45) is 2.99. The number of carbonyl (C=O) groups is 1. The fourth-order valence-electron chi connectivity index (χ4n) is 3.81. The van der Waals surface area contributed by atoms with Crippen LogP contribution in [0.15, 0.2) is 30.7 Å². The zero-order valence-corrected chi connectivity index (χ0v) is 19.5. The van der Waals surface area contributed by atoms with Gasteiger partial charge in [-0.3, -0.25) is 14.6 Å². The molecule has 0 saturated heterocycles. The molecular weight excluding hydrogens is 436 g/mol. The molecule has 0 aliphatic carbocycles. The molecule has 3 aromatic heterocycles. The minimum absolute atomic E-state index is 0.126. The maximum absolute atomic E-state index is 12.1. The third kappa shape index (κ3) is 4.37. The number of amides is 1. The summed E-state index contributed by atoms with van der Waals surface area (Å²) in [6, 6.07) is 5.34. The van der Waals surface area contributed by atoms with Gasteiger partial charge in [0.2, 0.25) is 5.95 Å². The van der Waals surface area contributed by atoms with Crippen molar-refractivity contribution in [3.63, 3.8) is 0 Å². The smallest absolute Gasteiger partial charge is 0.254 e. The first-order valence-electron chi connectivity index (χ1n) is 10.5. The molecule has 5 N–H and O–H groups in total. The fraction of sp³-hybridized carbons (Fsp3) is 0.273. The molecular formula is C22H26N10O2. The molecule has 0 saturated carbocycles. The first kappa shape index (κ1) is 22.7. The summed E-state index contributed by atoms with van der Waals surface area (Å²) in [5.41, 5.74) is 9.83. The van der Waals surface area contributed by atoms with E-state index in [0.717, 1.165) is 17.0 Å². The molecule has 1 amide bonds. The highest BCUT2D eigenvalue weighted by molar-refractivity contribution is 5.98. The zero-order chi connectivity index (χ0) is 24.4. The van der Waals surface area contributed by atoms with Crippen LogP contribution in [-0.4, -0.2) is 47.9 Å². The van der Waals surface area contributed by atoms with E-state index in [0.29, 0.717) is 28.8 Å². The van der Waals surface area contributed by atoms with E-state index in [2.05, 4.69) is 40.9 Å². The van der Waals surface area contributed by atoms with Gasteiger partial charge in [0.1, 0.15) is 17.7 Å². The third-order valence-corrected chi connectivity index (χ3v) is 5.33. The van der Waals surface area contributed by atoms with E-state index in [1.165, 1.54) is 6.20 Å². The van der Waals surface area contributed by atoms with Gasteiger partial charge in [0.15, 0.2) is 11.6 Å². The van der Waals surface area contributed by atoms with Gasteiger partial charge >= 0.3 is 0 Å². The molecule has 12 nitrogen and oxygen atoms in total. The summed E-state index contributed by atoms with van der Waals surface area (Å²) < 4.78 is 7.25. The molecule has 0 fully saturated rings. The normalized spacial score (nSPS) is 11.8. The summed E-state index contributed by atoms with van der Waals surface area (Å²) in [4.78, 5) is 25.2. The lowest BCUT2D eigenvalue weighted by Gasteiger charge is -2.17. The number of ether oxygens (including phenoxy) is 1.